The Labute approximate surface area is 125 Å². The van der Waals surface area contributed by atoms with Crippen molar-refractivity contribution in [1.29, 1.82) is 0 Å². The highest BCUT2D eigenvalue weighted by Gasteiger charge is 2.14. The summed E-state index contributed by atoms with van der Waals surface area (Å²) in [5.74, 6) is 1.18. The van der Waals surface area contributed by atoms with E-state index in [1.807, 2.05) is 6.92 Å². The summed E-state index contributed by atoms with van der Waals surface area (Å²) in [7, 11) is 0. The second kappa shape index (κ2) is 5.99. The Morgan fingerprint density at radius 3 is 2.89 bits per heavy atom. The lowest BCUT2D eigenvalue weighted by Gasteiger charge is -2.00. The quantitative estimate of drug-likeness (QED) is 0.860. The number of hydrogen-bond donors (Lipinski definition) is 1. The molecule has 1 amide bonds. The lowest BCUT2D eigenvalue weighted by Crippen LogP contribution is -2.22. The molecule has 2 aromatic rings. The van der Waals surface area contributed by atoms with Crippen LogP contribution in [0.15, 0.2) is 24.3 Å². The third-order valence-corrected chi connectivity index (χ3v) is 4.59. The minimum Gasteiger partial charge on any atom is -0.444 e. The summed E-state index contributed by atoms with van der Waals surface area (Å²) < 4.78 is 7.12. The van der Waals surface area contributed by atoms with Gasteiger partial charge in [-0.2, -0.15) is 0 Å². The summed E-state index contributed by atoms with van der Waals surface area (Å²) in [4.78, 5) is 16.0. The van der Waals surface area contributed by atoms with Crippen molar-refractivity contribution >= 4 is 49.1 Å². The minimum atomic E-state index is -0.153. The standard InChI is InChI=1S/C11H10Br2N2O2S/c1-2-6-4-14-9(17-6)5-15-11(16)7-3-8(12)18-10(7)13/h3-4H,2,5H2,1H3,(H,15,16). The van der Waals surface area contributed by atoms with Crippen LogP contribution in [0.4, 0.5) is 0 Å². The molecule has 0 fully saturated rings. The van der Waals surface area contributed by atoms with Gasteiger partial charge in [-0.05, 0) is 37.9 Å². The van der Waals surface area contributed by atoms with E-state index >= 15 is 0 Å². The van der Waals surface area contributed by atoms with Crippen LogP contribution in [0.3, 0.4) is 0 Å². The largest absolute Gasteiger partial charge is 0.444 e. The van der Waals surface area contributed by atoms with E-state index in [4.69, 9.17) is 4.42 Å². The number of hydrogen-bond acceptors (Lipinski definition) is 4. The van der Waals surface area contributed by atoms with Crippen LogP contribution in [0.1, 0.15) is 28.9 Å². The van der Waals surface area contributed by atoms with E-state index in [-0.39, 0.29) is 5.91 Å². The fourth-order valence-corrected chi connectivity index (χ4v) is 4.13. The Morgan fingerprint density at radius 1 is 1.56 bits per heavy atom. The van der Waals surface area contributed by atoms with Crippen LogP contribution >= 0.6 is 43.2 Å². The van der Waals surface area contributed by atoms with E-state index in [1.165, 1.54) is 11.3 Å². The third-order valence-electron chi connectivity index (χ3n) is 2.25. The molecular weight excluding hydrogens is 384 g/mol. The van der Waals surface area contributed by atoms with Gasteiger partial charge in [0.1, 0.15) is 5.76 Å². The van der Waals surface area contributed by atoms with E-state index in [9.17, 15) is 4.79 Å². The first-order valence-electron chi connectivity index (χ1n) is 5.26. The first kappa shape index (κ1) is 13.8. The second-order valence-electron chi connectivity index (χ2n) is 3.49. The molecule has 0 atom stereocenters. The first-order valence-corrected chi connectivity index (χ1v) is 7.67. The van der Waals surface area contributed by atoms with Gasteiger partial charge < -0.3 is 9.73 Å². The summed E-state index contributed by atoms with van der Waals surface area (Å²) in [6.07, 6.45) is 2.47. The molecule has 0 aromatic carbocycles. The molecule has 0 spiro atoms. The molecule has 2 rings (SSSR count). The molecule has 1 N–H and O–H groups in total. The zero-order chi connectivity index (χ0) is 13.1. The molecule has 18 heavy (non-hydrogen) atoms. The molecule has 7 heteroatoms. The van der Waals surface area contributed by atoms with Gasteiger partial charge in [-0.25, -0.2) is 4.98 Å². The number of aromatic nitrogens is 1. The Balaban J connectivity index is 1.98. The molecule has 0 aliphatic rings. The van der Waals surface area contributed by atoms with Gasteiger partial charge in [-0.3, -0.25) is 4.79 Å². The Hall–Kier alpha value is -0.660. The average Bonchev–Trinajstić information content (AvgIpc) is 2.92. The van der Waals surface area contributed by atoms with Crippen molar-refractivity contribution in [1.82, 2.24) is 10.3 Å². The Morgan fingerprint density at radius 2 is 2.33 bits per heavy atom. The summed E-state index contributed by atoms with van der Waals surface area (Å²) in [5.41, 5.74) is 0.606. The molecule has 0 radical (unpaired) electrons. The van der Waals surface area contributed by atoms with E-state index in [0.717, 1.165) is 19.8 Å². The molecule has 0 aliphatic carbocycles. The second-order valence-corrected chi connectivity index (χ2v) is 7.24. The average molecular weight is 394 g/mol. The molecule has 2 aromatic heterocycles. The van der Waals surface area contributed by atoms with Crippen LogP contribution in [0.25, 0.3) is 0 Å². The SMILES string of the molecule is CCc1cnc(CNC(=O)c2cc(Br)sc2Br)o1. The molecule has 2 heterocycles. The Kier molecular flexibility index (Phi) is 4.58. The third kappa shape index (κ3) is 3.21. The van der Waals surface area contributed by atoms with Gasteiger partial charge in [0.15, 0.2) is 0 Å². The monoisotopic (exact) mass is 392 g/mol. The molecule has 0 saturated carbocycles. The van der Waals surface area contributed by atoms with E-state index in [1.54, 1.807) is 12.3 Å². The lowest BCUT2D eigenvalue weighted by atomic mass is 10.3. The van der Waals surface area contributed by atoms with Crippen LogP contribution in [0.5, 0.6) is 0 Å². The highest BCUT2D eigenvalue weighted by atomic mass is 79.9. The molecular formula is C11H10Br2N2O2S. The lowest BCUT2D eigenvalue weighted by molar-refractivity contribution is 0.0947. The summed E-state index contributed by atoms with van der Waals surface area (Å²) >= 11 is 8.15. The number of rotatable bonds is 4. The van der Waals surface area contributed by atoms with Crippen LogP contribution in [0.2, 0.25) is 0 Å². The van der Waals surface area contributed by atoms with Gasteiger partial charge in [0.05, 0.1) is 25.9 Å². The van der Waals surface area contributed by atoms with E-state index in [2.05, 4.69) is 42.2 Å². The van der Waals surface area contributed by atoms with Gasteiger partial charge in [-0.15, -0.1) is 11.3 Å². The maximum Gasteiger partial charge on any atom is 0.253 e. The van der Waals surface area contributed by atoms with Gasteiger partial charge >= 0.3 is 0 Å². The number of nitrogens with zero attached hydrogens (tertiary/aromatic N) is 1. The van der Waals surface area contributed by atoms with Crippen LogP contribution in [-0.4, -0.2) is 10.9 Å². The number of carbonyl (C=O) groups excluding carboxylic acids is 1. The van der Waals surface area contributed by atoms with Crippen LogP contribution < -0.4 is 5.32 Å². The fourth-order valence-electron chi connectivity index (χ4n) is 1.34. The summed E-state index contributed by atoms with van der Waals surface area (Å²) in [6, 6.07) is 1.77. The van der Waals surface area contributed by atoms with Crippen molar-refractivity contribution in [2.75, 3.05) is 0 Å². The van der Waals surface area contributed by atoms with Crippen molar-refractivity contribution in [2.45, 2.75) is 19.9 Å². The molecule has 0 saturated heterocycles. The van der Waals surface area contributed by atoms with Crippen molar-refractivity contribution < 1.29 is 9.21 Å². The van der Waals surface area contributed by atoms with E-state index in [0.29, 0.717) is 18.0 Å². The number of amides is 1. The number of thiophene rings is 1. The number of carbonyl (C=O) groups is 1. The van der Waals surface area contributed by atoms with Crippen molar-refractivity contribution in [3.63, 3.8) is 0 Å². The van der Waals surface area contributed by atoms with Gasteiger partial charge in [0.2, 0.25) is 5.89 Å². The molecule has 0 bridgehead atoms. The predicted octanol–water partition coefficient (Wildman–Crippen LogP) is 3.75. The van der Waals surface area contributed by atoms with Gasteiger partial charge in [0, 0.05) is 6.42 Å². The van der Waals surface area contributed by atoms with E-state index < -0.39 is 0 Å². The topological polar surface area (TPSA) is 55.1 Å². The number of aryl methyl sites for hydroxylation is 1. The normalized spacial score (nSPS) is 10.6. The maximum absolute atomic E-state index is 11.9. The van der Waals surface area contributed by atoms with Gasteiger partial charge in [-0.1, -0.05) is 6.92 Å². The summed E-state index contributed by atoms with van der Waals surface area (Å²) in [6.45, 7) is 2.28. The zero-order valence-electron chi connectivity index (χ0n) is 9.50. The van der Waals surface area contributed by atoms with Crippen molar-refractivity contribution in [2.24, 2.45) is 0 Å². The zero-order valence-corrected chi connectivity index (χ0v) is 13.5. The van der Waals surface area contributed by atoms with Crippen molar-refractivity contribution in [3.05, 3.63) is 37.1 Å². The molecule has 96 valence electrons. The number of nitrogens with one attached hydrogen (secondary N) is 1. The highest BCUT2D eigenvalue weighted by molar-refractivity contribution is 9.12. The fraction of sp³-hybridized carbons (Fsp3) is 0.273. The smallest absolute Gasteiger partial charge is 0.253 e. The van der Waals surface area contributed by atoms with Crippen LogP contribution in [-0.2, 0) is 13.0 Å². The number of oxazole rings is 1. The van der Waals surface area contributed by atoms with Crippen molar-refractivity contribution in [3.8, 4) is 0 Å². The van der Waals surface area contributed by atoms with Crippen LogP contribution in [0, 0.1) is 0 Å². The highest BCUT2D eigenvalue weighted by Crippen LogP contribution is 2.31. The minimum absolute atomic E-state index is 0.153. The Bertz CT molecular complexity index is 565. The summed E-state index contributed by atoms with van der Waals surface area (Å²) in [5, 5.41) is 2.77. The molecule has 4 nitrogen and oxygen atoms in total. The molecule has 0 aliphatic heterocycles. The van der Waals surface area contributed by atoms with Gasteiger partial charge in [0.25, 0.3) is 5.91 Å². The predicted molar refractivity (Wildman–Crippen MR) is 76.8 cm³/mol. The number of halogens is 2. The first-order chi connectivity index (χ1) is 8.60. The molecule has 0 unspecified atom stereocenters. The maximum atomic E-state index is 11.9.